The van der Waals surface area contributed by atoms with Gasteiger partial charge in [-0.05, 0) is 43.2 Å². The zero-order valence-corrected chi connectivity index (χ0v) is 18.7. The number of rotatable bonds is 5. The summed E-state index contributed by atoms with van der Waals surface area (Å²) >= 11 is 13.3. The van der Waals surface area contributed by atoms with E-state index in [1.165, 1.54) is 17.3 Å². The van der Waals surface area contributed by atoms with Crippen molar-refractivity contribution >= 4 is 52.4 Å². The van der Waals surface area contributed by atoms with Crippen LogP contribution in [0.15, 0.2) is 24.3 Å². The van der Waals surface area contributed by atoms with Crippen molar-refractivity contribution in [2.45, 2.75) is 25.9 Å². The molecule has 0 amide bonds. The smallest absolute Gasteiger partial charge is 0.414 e. The molecule has 0 spiro atoms. The first-order valence-electron chi connectivity index (χ1n) is 9.01. The number of likely N-dealkylation sites (N-methyl/N-ethyl adjacent to an activating group) is 1. The van der Waals surface area contributed by atoms with Gasteiger partial charge in [-0.1, -0.05) is 42.3 Å². The van der Waals surface area contributed by atoms with Crippen LogP contribution in [-0.4, -0.2) is 55.9 Å². The van der Waals surface area contributed by atoms with Gasteiger partial charge in [0.05, 0.1) is 21.8 Å². The van der Waals surface area contributed by atoms with E-state index in [0.29, 0.717) is 15.9 Å². The molecule has 0 radical (unpaired) electrons. The van der Waals surface area contributed by atoms with E-state index in [-0.39, 0.29) is 6.10 Å². The van der Waals surface area contributed by atoms with Gasteiger partial charge < -0.3 is 19.8 Å². The number of aromatic nitrogens is 2. The molecule has 11 heteroatoms. The maximum Gasteiger partial charge on any atom is 0.414 e. The number of carboxylic acids is 2. The number of carboxylic acid groups (broad SMARTS) is 2. The fourth-order valence-corrected chi connectivity index (χ4v) is 3.58. The minimum atomic E-state index is -1.82. The molecule has 1 aromatic carbocycles. The van der Waals surface area contributed by atoms with Crippen molar-refractivity contribution in [1.82, 2.24) is 13.6 Å². The first kappa shape index (κ1) is 24.1. The lowest BCUT2D eigenvalue weighted by molar-refractivity contribution is -0.159. The molecule has 0 fully saturated rings. The number of hydrogen-bond acceptors (Lipinski definition) is 7. The van der Waals surface area contributed by atoms with E-state index < -0.39 is 11.9 Å². The summed E-state index contributed by atoms with van der Waals surface area (Å²) in [6.45, 7) is 4.00. The maximum absolute atomic E-state index is 9.10. The number of ether oxygens (including phenoxy) is 1. The Hall–Kier alpha value is -2.20. The average Bonchev–Trinajstić information content (AvgIpc) is 3.17. The monoisotopic (exact) mass is 473 g/mol. The minimum Gasteiger partial charge on any atom is -0.473 e. The highest BCUT2D eigenvalue weighted by Crippen LogP contribution is 2.33. The Labute approximate surface area is 188 Å². The molecule has 1 aliphatic heterocycles. The van der Waals surface area contributed by atoms with Crippen LogP contribution in [0.5, 0.6) is 5.88 Å². The highest BCUT2D eigenvalue weighted by Gasteiger charge is 2.22. The lowest BCUT2D eigenvalue weighted by Crippen LogP contribution is -2.25. The van der Waals surface area contributed by atoms with Crippen molar-refractivity contribution in [3.63, 3.8) is 0 Å². The van der Waals surface area contributed by atoms with Crippen LogP contribution in [0, 0.1) is 0 Å². The van der Waals surface area contributed by atoms with Gasteiger partial charge in [-0.25, -0.2) is 9.59 Å². The average molecular weight is 474 g/mol. The lowest BCUT2D eigenvalue weighted by atomic mass is 10.1. The van der Waals surface area contributed by atoms with E-state index in [2.05, 4.69) is 33.7 Å². The fourth-order valence-electron chi connectivity index (χ4n) is 2.75. The molecule has 2 heterocycles. The Morgan fingerprint density at radius 2 is 1.93 bits per heavy atom. The minimum absolute atomic E-state index is 0.135. The van der Waals surface area contributed by atoms with Gasteiger partial charge >= 0.3 is 11.9 Å². The van der Waals surface area contributed by atoms with Crippen LogP contribution in [0.1, 0.15) is 37.1 Å². The summed E-state index contributed by atoms with van der Waals surface area (Å²) in [5.74, 6) is -3.05. The van der Waals surface area contributed by atoms with Gasteiger partial charge in [-0.2, -0.15) is 4.37 Å². The van der Waals surface area contributed by atoms with Crippen LogP contribution >= 0.6 is 34.9 Å². The normalized spacial score (nSPS) is 14.9. The largest absolute Gasteiger partial charge is 0.473 e. The Morgan fingerprint density at radius 1 is 1.23 bits per heavy atom. The van der Waals surface area contributed by atoms with Gasteiger partial charge in [-0.15, -0.1) is 4.37 Å². The number of carbonyl (C=O) groups is 2. The molecular formula is C19H21Cl2N3O5S. The van der Waals surface area contributed by atoms with Gasteiger partial charge in [0, 0.05) is 13.1 Å². The van der Waals surface area contributed by atoms with E-state index >= 15 is 0 Å². The number of nitrogens with zero attached hydrogens (tertiary/aromatic N) is 3. The number of hydrogen-bond donors (Lipinski definition) is 2. The summed E-state index contributed by atoms with van der Waals surface area (Å²) in [4.78, 5) is 20.5. The molecule has 1 aromatic heterocycles. The van der Waals surface area contributed by atoms with Crippen LogP contribution in [-0.2, 0) is 9.59 Å². The molecule has 30 heavy (non-hydrogen) atoms. The Balaban J connectivity index is 0.000000469. The van der Waals surface area contributed by atoms with E-state index in [1.807, 2.05) is 12.1 Å². The van der Waals surface area contributed by atoms with E-state index in [4.69, 9.17) is 47.7 Å². The topological polar surface area (TPSA) is 113 Å². The molecule has 1 aliphatic rings. The van der Waals surface area contributed by atoms with E-state index in [9.17, 15) is 0 Å². The van der Waals surface area contributed by atoms with Crippen molar-refractivity contribution in [1.29, 1.82) is 0 Å². The molecule has 0 bridgehead atoms. The molecule has 0 aliphatic carbocycles. The fraction of sp³-hybridized carbons (Fsp3) is 0.368. The first-order valence-corrected chi connectivity index (χ1v) is 10.5. The summed E-state index contributed by atoms with van der Waals surface area (Å²) in [6, 6.07) is 5.59. The van der Waals surface area contributed by atoms with Crippen LogP contribution in [0.4, 0.5) is 0 Å². The highest BCUT2D eigenvalue weighted by atomic mass is 35.5. The third kappa shape index (κ3) is 6.66. The van der Waals surface area contributed by atoms with Crippen LogP contribution in [0.2, 0.25) is 10.0 Å². The zero-order chi connectivity index (χ0) is 22.3. The Bertz CT molecular complexity index is 923. The predicted molar refractivity (Wildman–Crippen MR) is 115 cm³/mol. The van der Waals surface area contributed by atoms with Crippen molar-refractivity contribution < 1.29 is 24.5 Å². The quantitative estimate of drug-likeness (QED) is 0.619. The van der Waals surface area contributed by atoms with Crippen LogP contribution in [0.3, 0.4) is 0 Å². The zero-order valence-electron chi connectivity index (χ0n) is 16.3. The van der Waals surface area contributed by atoms with Crippen molar-refractivity contribution in [2.24, 2.45) is 0 Å². The summed E-state index contributed by atoms with van der Waals surface area (Å²) in [5, 5.41) is 15.9. The second-order valence-corrected chi connectivity index (χ2v) is 7.82. The molecule has 0 saturated heterocycles. The summed E-state index contributed by atoms with van der Waals surface area (Å²) in [6.07, 6.45) is 3.91. The molecule has 8 nitrogen and oxygen atoms in total. The Kier molecular flexibility index (Phi) is 9.04. The predicted octanol–water partition coefficient (Wildman–Crippen LogP) is 4.25. The SMILES string of the molecule is CCC(Oc1nsnc1C1=CCCN(C)C1)c1ccc(Cl)c(Cl)c1.O=C(O)C(=O)O. The third-order valence-corrected chi connectivity index (χ3v) is 5.48. The van der Waals surface area contributed by atoms with Crippen LogP contribution in [0.25, 0.3) is 5.57 Å². The van der Waals surface area contributed by atoms with Gasteiger partial charge in [0.25, 0.3) is 5.88 Å². The molecule has 2 aromatic rings. The van der Waals surface area contributed by atoms with Crippen molar-refractivity contribution in [2.75, 3.05) is 20.1 Å². The molecule has 0 saturated carbocycles. The number of aliphatic carboxylic acids is 2. The standard InChI is InChI=1S/C17H19Cl2N3OS.C2H2O4/c1-3-15(11-6-7-13(18)14(19)9-11)23-17-16(20-24-21-17)12-5-4-8-22(2)10-12;3-1(4)2(5)6/h5-7,9,15H,3-4,8,10H2,1-2H3;(H,3,4)(H,5,6). The molecule has 1 unspecified atom stereocenters. The second kappa shape index (κ2) is 11.3. The third-order valence-electron chi connectivity index (χ3n) is 4.23. The van der Waals surface area contributed by atoms with Gasteiger partial charge in [0.15, 0.2) is 0 Å². The van der Waals surface area contributed by atoms with Gasteiger partial charge in [0.1, 0.15) is 11.8 Å². The maximum atomic E-state index is 9.10. The van der Waals surface area contributed by atoms with Crippen LogP contribution < -0.4 is 4.74 Å². The highest BCUT2D eigenvalue weighted by molar-refractivity contribution is 6.99. The lowest BCUT2D eigenvalue weighted by Gasteiger charge is -2.23. The molecule has 1 atom stereocenters. The van der Waals surface area contributed by atoms with E-state index in [1.54, 1.807) is 6.07 Å². The molecular weight excluding hydrogens is 453 g/mol. The summed E-state index contributed by atoms with van der Waals surface area (Å²) < 4.78 is 15.0. The summed E-state index contributed by atoms with van der Waals surface area (Å²) in [5.41, 5.74) is 3.02. The van der Waals surface area contributed by atoms with Gasteiger partial charge in [0.2, 0.25) is 0 Å². The Morgan fingerprint density at radius 3 is 2.50 bits per heavy atom. The first-order chi connectivity index (χ1) is 14.2. The van der Waals surface area contributed by atoms with E-state index in [0.717, 1.165) is 37.2 Å². The molecule has 162 valence electrons. The van der Waals surface area contributed by atoms with Crippen molar-refractivity contribution in [3.05, 3.63) is 45.6 Å². The van der Waals surface area contributed by atoms with Crippen molar-refractivity contribution in [3.8, 4) is 5.88 Å². The molecule has 2 N–H and O–H groups in total. The number of halogens is 2. The molecule has 3 rings (SSSR count). The summed E-state index contributed by atoms with van der Waals surface area (Å²) in [7, 11) is 2.11. The second-order valence-electron chi connectivity index (χ2n) is 6.47. The van der Waals surface area contributed by atoms with Gasteiger partial charge in [-0.3, -0.25) is 0 Å². The number of benzene rings is 1.